The van der Waals surface area contributed by atoms with E-state index in [2.05, 4.69) is 27.2 Å². The minimum absolute atomic E-state index is 0.125. The van der Waals surface area contributed by atoms with Crippen LogP contribution in [0.1, 0.15) is 68.3 Å². The van der Waals surface area contributed by atoms with Crippen molar-refractivity contribution in [1.82, 2.24) is 20.0 Å². The molecular weight excluding hydrogens is 380 g/mol. The first-order chi connectivity index (χ1) is 14.6. The molecule has 3 heterocycles. The average molecular weight is 413 g/mol. The lowest BCUT2D eigenvalue weighted by Gasteiger charge is -2.37. The van der Waals surface area contributed by atoms with Crippen LogP contribution in [-0.4, -0.2) is 58.8 Å². The van der Waals surface area contributed by atoms with Crippen LogP contribution in [0.5, 0.6) is 0 Å². The Hall–Kier alpha value is -2.25. The Morgan fingerprint density at radius 2 is 1.87 bits per heavy atom. The van der Waals surface area contributed by atoms with Gasteiger partial charge in [-0.3, -0.25) is 9.69 Å². The van der Waals surface area contributed by atoms with Crippen LogP contribution in [0.2, 0.25) is 0 Å². The molecule has 4 rings (SSSR count). The highest BCUT2D eigenvalue weighted by molar-refractivity contribution is 5.82. The smallest absolute Gasteiger partial charge is 0.240 e. The quantitative estimate of drug-likeness (QED) is 0.723. The summed E-state index contributed by atoms with van der Waals surface area (Å²) in [7, 11) is 2.00. The molecule has 7 heteroatoms. The highest BCUT2D eigenvalue weighted by atomic mass is 16.5. The Morgan fingerprint density at radius 3 is 2.63 bits per heavy atom. The molecule has 0 unspecified atom stereocenters. The van der Waals surface area contributed by atoms with Crippen LogP contribution in [-0.2, 0) is 16.1 Å². The van der Waals surface area contributed by atoms with Crippen LogP contribution in [0.3, 0.4) is 0 Å². The number of benzene rings is 1. The van der Waals surface area contributed by atoms with Crippen LogP contribution >= 0.6 is 0 Å². The molecule has 0 bridgehead atoms. The van der Waals surface area contributed by atoms with Crippen LogP contribution in [0.15, 0.2) is 34.7 Å². The molecule has 2 fully saturated rings. The minimum Gasteiger partial charge on any atom is -0.423 e. The number of carbonyl (C=O) groups excluding carboxylic acids is 1. The van der Waals surface area contributed by atoms with Gasteiger partial charge in [0.15, 0.2) is 0 Å². The molecule has 0 aliphatic carbocycles. The number of aromatic nitrogens is 2. The summed E-state index contributed by atoms with van der Waals surface area (Å²) < 4.78 is 11.5. The molecule has 2 aromatic rings. The molecule has 0 radical (unpaired) electrons. The highest BCUT2D eigenvalue weighted by Crippen LogP contribution is 2.33. The lowest BCUT2D eigenvalue weighted by atomic mass is 10.00. The number of nitrogens with zero attached hydrogens (tertiary/aromatic N) is 4. The number of ether oxygens (including phenoxy) is 1. The zero-order valence-corrected chi connectivity index (χ0v) is 18.0. The second-order valence-corrected chi connectivity index (χ2v) is 8.49. The number of likely N-dealkylation sites (tertiary alicyclic amines) is 1. The molecule has 7 nitrogen and oxygen atoms in total. The molecule has 0 spiro atoms. The number of amides is 1. The van der Waals surface area contributed by atoms with Crippen molar-refractivity contribution in [3.05, 3.63) is 47.7 Å². The van der Waals surface area contributed by atoms with Crippen molar-refractivity contribution in [3.63, 3.8) is 0 Å². The van der Waals surface area contributed by atoms with E-state index in [-0.39, 0.29) is 23.9 Å². The van der Waals surface area contributed by atoms with E-state index in [1.807, 2.05) is 37.1 Å². The van der Waals surface area contributed by atoms with Gasteiger partial charge in [0.05, 0.1) is 6.04 Å². The standard InChI is InChI=1S/C23H32N4O3/c1-17(26(2)16-18-8-4-3-5-9-18)23(28)27-13-7-6-10-20(27)22-25-24-21(30-22)19-11-14-29-15-12-19/h3-5,8-9,17,19-20H,6-7,10-16H2,1-2H3/t17-,20-/m1/s1. The second kappa shape index (κ2) is 9.71. The Morgan fingerprint density at radius 1 is 1.13 bits per heavy atom. The fourth-order valence-corrected chi connectivity index (χ4v) is 4.38. The monoisotopic (exact) mass is 412 g/mol. The highest BCUT2D eigenvalue weighted by Gasteiger charge is 2.35. The lowest BCUT2D eigenvalue weighted by Crippen LogP contribution is -2.48. The topological polar surface area (TPSA) is 71.7 Å². The van der Waals surface area contributed by atoms with E-state index in [0.717, 1.165) is 58.4 Å². The Balaban J connectivity index is 1.45. The lowest BCUT2D eigenvalue weighted by molar-refractivity contribution is -0.140. The van der Waals surface area contributed by atoms with E-state index in [4.69, 9.17) is 9.15 Å². The maximum atomic E-state index is 13.4. The van der Waals surface area contributed by atoms with Gasteiger partial charge in [0.25, 0.3) is 0 Å². The minimum atomic E-state index is -0.219. The van der Waals surface area contributed by atoms with Crippen molar-refractivity contribution in [2.45, 2.75) is 63.6 Å². The van der Waals surface area contributed by atoms with Crippen molar-refractivity contribution in [2.75, 3.05) is 26.8 Å². The van der Waals surface area contributed by atoms with Gasteiger partial charge in [-0.25, -0.2) is 0 Å². The van der Waals surface area contributed by atoms with Crippen LogP contribution in [0, 0.1) is 0 Å². The van der Waals surface area contributed by atoms with Gasteiger partial charge in [-0.05, 0) is 51.6 Å². The maximum Gasteiger partial charge on any atom is 0.240 e. The molecule has 1 aromatic heterocycles. The number of carbonyl (C=O) groups is 1. The molecule has 2 atom stereocenters. The van der Waals surface area contributed by atoms with Crippen molar-refractivity contribution in [2.24, 2.45) is 0 Å². The predicted octanol–water partition coefficient (Wildman–Crippen LogP) is 3.54. The van der Waals surface area contributed by atoms with Crippen LogP contribution in [0.4, 0.5) is 0 Å². The van der Waals surface area contributed by atoms with E-state index in [9.17, 15) is 4.79 Å². The second-order valence-electron chi connectivity index (χ2n) is 8.49. The van der Waals surface area contributed by atoms with E-state index < -0.39 is 0 Å². The Kier molecular flexibility index (Phi) is 6.79. The van der Waals surface area contributed by atoms with Gasteiger partial charge in [-0.2, -0.15) is 0 Å². The van der Waals surface area contributed by atoms with Crippen molar-refractivity contribution < 1.29 is 13.9 Å². The largest absolute Gasteiger partial charge is 0.423 e. The average Bonchev–Trinajstić information content (AvgIpc) is 3.29. The van der Waals surface area contributed by atoms with E-state index >= 15 is 0 Å². The number of rotatable bonds is 6. The van der Waals surface area contributed by atoms with Gasteiger partial charge in [0.2, 0.25) is 17.7 Å². The van der Waals surface area contributed by atoms with Crippen LogP contribution < -0.4 is 0 Å². The molecule has 2 saturated heterocycles. The van der Waals surface area contributed by atoms with Gasteiger partial charge in [-0.1, -0.05) is 30.3 Å². The number of hydrogen-bond donors (Lipinski definition) is 0. The summed E-state index contributed by atoms with van der Waals surface area (Å²) in [6.07, 6.45) is 4.78. The zero-order valence-electron chi connectivity index (χ0n) is 18.0. The van der Waals surface area contributed by atoms with Crippen molar-refractivity contribution >= 4 is 5.91 Å². The molecule has 0 saturated carbocycles. The Bertz CT molecular complexity index is 819. The molecule has 1 amide bonds. The number of piperidine rings is 1. The summed E-state index contributed by atoms with van der Waals surface area (Å²) in [6, 6.07) is 9.91. The van der Waals surface area contributed by atoms with Gasteiger partial charge in [-0.15, -0.1) is 10.2 Å². The van der Waals surface area contributed by atoms with E-state index in [1.54, 1.807) is 0 Å². The van der Waals surface area contributed by atoms with Gasteiger partial charge in [0.1, 0.15) is 6.04 Å². The summed E-state index contributed by atoms with van der Waals surface area (Å²) in [6.45, 7) is 4.93. The summed E-state index contributed by atoms with van der Waals surface area (Å²) in [5, 5.41) is 8.68. The summed E-state index contributed by atoms with van der Waals surface area (Å²) in [4.78, 5) is 17.5. The first kappa shape index (κ1) is 21.0. The fourth-order valence-electron chi connectivity index (χ4n) is 4.38. The molecule has 30 heavy (non-hydrogen) atoms. The van der Waals surface area contributed by atoms with E-state index in [0.29, 0.717) is 11.8 Å². The fraction of sp³-hybridized carbons (Fsp3) is 0.609. The SMILES string of the molecule is C[C@H](C(=O)N1CCCC[C@@H]1c1nnc(C2CCOCC2)o1)N(C)Cc1ccccc1. The predicted molar refractivity (Wildman–Crippen MR) is 113 cm³/mol. The molecular formula is C23H32N4O3. The van der Waals surface area contributed by atoms with Crippen molar-refractivity contribution in [1.29, 1.82) is 0 Å². The van der Waals surface area contributed by atoms with Crippen LogP contribution in [0.25, 0.3) is 0 Å². The number of hydrogen-bond acceptors (Lipinski definition) is 6. The summed E-state index contributed by atoms with van der Waals surface area (Å²) in [5.74, 6) is 1.68. The first-order valence-electron chi connectivity index (χ1n) is 11.1. The summed E-state index contributed by atoms with van der Waals surface area (Å²) >= 11 is 0. The zero-order chi connectivity index (χ0) is 20.9. The normalized spacial score (nSPS) is 21.7. The molecule has 0 N–H and O–H groups in total. The number of likely N-dealkylation sites (N-methyl/N-ethyl adjacent to an activating group) is 1. The third kappa shape index (κ3) is 4.73. The third-order valence-corrected chi connectivity index (χ3v) is 6.39. The summed E-state index contributed by atoms with van der Waals surface area (Å²) in [5.41, 5.74) is 1.20. The van der Waals surface area contributed by atoms with E-state index in [1.165, 1.54) is 5.56 Å². The Labute approximate surface area is 178 Å². The molecule has 1 aromatic carbocycles. The van der Waals surface area contributed by atoms with Gasteiger partial charge >= 0.3 is 0 Å². The molecule has 2 aliphatic heterocycles. The van der Waals surface area contributed by atoms with Gasteiger partial charge < -0.3 is 14.1 Å². The van der Waals surface area contributed by atoms with Gasteiger partial charge in [0, 0.05) is 32.2 Å². The first-order valence-corrected chi connectivity index (χ1v) is 11.1. The molecule has 162 valence electrons. The van der Waals surface area contributed by atoms with Crippen molar-refractivity contribution in [3.8, 4) is 0 Å². The molecule has 2 aliphatic rings. The maximum absolute atomic E-state index is 13.4. The third-order valence-electron chi connectivity index (χ3n) is 6.39.